The van der Waals surface area contributed by atoms with E-state index in [1.165, 1.54) is 5.56 Å². The maximum atomic E-state index is 12.5. The van der Waals surface area contributed by atoms with E-state index in [9.17, 15) is 4.79 Å². The van der Waals surface area contributed by atoms with Gasteiger partial charge in [-0.15, -0.1) is 0 Å². The number of carbonyl (C=O) groups excluding carboxylic acids is 1. The van der Waals surface area contributed by atoms with Gasteiger partial charge in [0.1, 0.15) is 5.69 Å². The molecule has 0 aliphatic rings. The van der Waals surface area contributed by atoms with Crippen molar-refractivity contribution in [2.75, 3.05) is 0 Å². The summed E-state index contributed by atoms with van der Waals surface area (Å²) in [6.07, 6.45) is 1.62. The Hall–Kier alpha value is -2.94. The van der Waals surface area contributed by atoms with E-state index in [-0.39, 0.29) is 11.9 Å². The maximum absolute atomic E-state index is 12.5. The minimum atomic E-state index is -0.202. The Kier molecular flexibility index (Phi) is 4.48. The third-order valence-corrected chi connectivity index (χ3v) is 3.72. The average Bonchev–Trinajstić information content (AvgIpc) is 2.62. The molecular weight excluding hydrogens is 284 g/mol. The molecule has 0 aliphatic heterocycles. The van der Waals surface area contributed by atoms with E-state index in [0.717, 1.165) is 11.1 Å². The van der Waals surface area contributed by atoms with Gasteiger partial charge in [-0.25, -0.2) is 0 Å². The largest absolute Gasteiger partial charge is 0.340 e. The van der Waals surface area contributed by atoms with Crippen LogP contribution in [0, 0.1) is 6.92 Å². The SMILES string of the molecule is Cc1ccc(C(NC(=O)c2ccccn2)c2ccccc2)cc1. The fourth-order valence-corrected chi connectivity index (χ4v) is 2.47. The lowest BCUT2D eigenvalue weighted by molar-refractivity contribution is 0.0938. The lowest BCUT2D eigenvalue weighted by atomic mass is 9.97. The Morgan fingerprint density at radius 1 is 0.870 bits per heavy atom. The normalized spacial score (nSPS) is 11.7. The second kappa shape index (κ2) is 6.88. The van der Waals surface area contributed by atoms with Crippen LogP contribution in [0.1, 0.15) is 33.2 Å². The summed E-state index contributed by atoms with van der Waals surface area (Å²) in [6, 6.07) is 23.3. The van der Waals surface area contributed by atoms with E-state index in [1.54, 1.807) is 18.3 Å². The summed E-state index contributed by atoms with van der Waals surface area (Å²) in [5.74, 6) is -0.181. The summed E-state index contributed by atoms with van der Waals surface area (Å²) in [7, 11) is 0. The second-order valence-electron chi connectivity index (χ2n) is 5.44. The van der Waals surface area contributed by atoms with Gasteiger partial charge >= 0.3 is 0 Å². The first-order chi connectivity index (χ1) is 11.2. The summed E-state index contributed by atoms with van der Waals surface area (Å²) in [6.45, 7) is 2.05. The predicted molar refractivity (Wildman–Crippen MR) is 91.2 cm³/mol. The molecule has 3 nitrogen and oxygen atoms in total. The van der Waals surface area contributed by atoms with Crippen LogP contribution in [-0.4, -0.2) is 10.9 Å². The Morgan fingerprint density at radius 2 is 1.52 bits per heavy atom. The first-order valence-corrected chi connectivity index (χ1v) is 7.57. The number of pyridine rings is 1. The standard InChI is InChI=1S/C20H18N2O/c1-15-10-12-17(13-11-15)19(16-7-3-2-4-8-16)22-20(23)18-9-5-6-14-21-18/h2-14,19H,1H3,(H,22,23). The maximum Gasteiger partial charge on any atom is 0.270 e. The molecule has 3 heteroatoms. The molecule has 3 rings (SSSR count). The molecule has 1 amide bonds. The van der Waals surface area contributed by atoms with Crippen molar-refractivity contribution in [2.24, 2.45) is 0 Å². The minimum absolute atomic E-state index is 0.181. The number of aryl methyl sites for hydroxylation is 1. The molecule has 0 saturated carbocycles. The number of hydrogen-bond acceptors (Lipinski definition) is 2. The van der Waals surface area contributed by atoms with Crippen LogP contribution in [-0.2, 0) is 0 Å². The lowest BCUT2D eigenvalue weighted by Gasteiger charge is -2.20. The first kappa shape index (κ1) is 15.0. The molecule has 1 atom stereocenters. The van der Waals surface area contributed by atoms with Gasteiger partial charge < -0.3 is 5.32 Å². The molecule has 23 heavy (non-hydrogen) atoms. The third kappa shape index (κ3) is 3.64. The van der Waals surface area contributed by atoms with Crippen LogP contribution in [0.3, 0.4) is 0 Å². The Bertz CT molecular complexity index is 768. The van der Waals surface area contributed by atoms with Crippen LogP contribution in [0.15, 0.2) is 79.0 Å². The Labute approximate surface area is 136 Å². The van der Waals surface area contributed by atoms with Gasteiger partial charge in [-0.3, -0.25) is 9.78 Å². The van der Waals surface area contributed by atoms with E-state index < -0.39 is 0 Å². The monoisotopic (exact) mass is 302 g/mol. The average molecular weight is 302 g/mol. The molecule has 2 aromatic carbocycles. The van der Waals surface area contributed by atoms with Crippen molar-refractivity contribution in [2.45, 2.75) is 13.0 Å². The fourth-order valence-electron chi connectivity index (χ4n) is 2.47. The van der Waals surface area contributed by atoms with Crippen molar-refractivity contribution in [3.05, 3.63) is 101 Å². The van der Waals surface area contributed by atoms with Crippen molar-refractivity contribution < 1.29 is 4.79 Å². The van der Waals surface area contributed by atoms with Crippen LogP contribution in [0.4, 0.5) is 0 Å². The van der Waals surface area contributed by atoms with Crippen molar-refractivity contribution in [1.82, 2.24) is 10.3 Å². The number of amides is 1. The molecule has 114 valence electrons. The van der Waals surface area contributed by atoms with Gasteiger partial charge in [-0.1, -0.05) is 66.2 Å². The molecule has 1 heterocycles. The summed E-state index contributed by atoms with van der Waals surface area (Å²) in [5, 5.41) is 3.08. The zero-order chi connectivity index (χ0) is 16.1. The number of carbonyl (C=O) groups is 1. The minimum Gasteiger partial charge on any atom is -0.340 e. The van der Waals surface area contributed by atoms with E-state index in [2.05, 4.69) is 22.4 Å². The van der Waals surface area contributed by atoms with Gasteiger partial charge in [0.25, 0.3) is 5.91 Å². The summed E-state index contributed by atoms with van der Waals surface area (Å²) < 4.78 is 0. The summed E-state index contributed by atoms with van der Waals surface area (Å²) in [4.78, 5) is 16.6. The number of nitrogens with zero attached hydrogens (tertiary/aromatic N) is 1. The quantitative estimate of drug-likeness (QED) is 0.794. The number of hydrogen-bond donors (Lipinski definition) is 1. The van der Waals surface area contributed by atoms with Gasteiger partial charge in [0.2, 0.25) is 0 Å². The highest BCUT2D eigenvalue weighted by Crippen LogP contribution is 2.22. The molecule has 1 N–H and O–H groups in total. The number of nitrogens with one attached hydrogen (secondary N) is 1. The van der Waals surface area contributed by atoms with Crippen molar-refractivity contribution in [3.63, 3.8) is 0 Å². The Balaban J connectivity index is 1.93. The van der Waals surface area contributed by atoms with Gasteiger partial charge in [0, 0.05) is 6.20 Å². The molecular formula is C20H18N2O. The van der Waals surface area contributed by atoms with Gasteiger partial charge in [-0.2, -0.15) is 0 Å². The van der Waals surface area contributed by atoms with E-state index >= 15 is 0 Å². The highest BCUT2D eigenvalue weighted by molar-refractivity contribution is 5.92. The highest BCUT2D eigenvalue weighted by Gasteiger charge is 2.18. The van der Waals surface area contributed by atoms with Crippen LogP contribution < -0.4 is 5.32 Å². The second-order valence-corrected chi connectivity index (χ2v) is 5.44. The zero-order valence-electron chi connectivity index (χ0n) is 12.9. The number of benzene rings is 2. The van der Waals surface area contributed by atoms with Crippen LogP contribution >= 0.6 is 0 Å². The number of rotatable bonds is 4. The van der Waals surface area contributed by atoms with E-state index in [4.69, 9.17) is 0 Å². The molecule has 0 saturated heterocycles. The topological polar surface area (TPSA) is 42.0 Å². The third-order valence-electron chi connectivity index (χ3n) is 3.72. The lowest BCUT2D eigenvalue weighted by Crippen LogP contribution is -2.29. The van der Waals surface area contributed by atoms with Gasteiger partial charge in [0.05, 0.1) is 6.04 Å². The zero-order valence-corrected chi connectivity index (χ0v) is 12.9. The molecule has 0 fully saturated rings. The van der Waals surface area contributed by atoms with E-state index in [1.807, 2.05) is 55.5 Å². The summed E-state index contributed by atoms with van der Waals surface area (Å²) >= 11 is 0. The highest BCUT2D eigenvalue weighted by atomic mass is 16.1. The van der Waals surface area contributed by atoms with Crippen molar-refractivity contribution >= 4 is 5.91 Å². The molecule has 0 spiro atoms. The molecule has 0 bridgehead atoms. The molecule has 1 aromatic heterocycles. The smallest absolute Gasteiger partial charge is 0.270 e. The van der Waals surface area contributed by atoms with Crippen molar-refractivity contribution in [3.8, 4) is 0 Å². The van der Waals surface area contributed by atoms with Crippen LogP contribution in [0.2, 0.25) is 0 Å². The molecule has 0 aliphatic carbocycles. The predicted octanol–water partition coefficient (Wildman–Crippen LogP) is 3.91. The van der Waals surface area contributed by atoms with Crippen LogP contribution in [0.25, 0.3) is 0 Å². The fraction of sp³-hybridized carbons (Fsp3) is 0.100. The first-order valence-electron chi connectivity index (χ1n) is 7.57. The molecule has 1 unspecified atom stereocenters. The summed E-state index contributed by atoms with van der Waals surface area (Å²) in [5.41, 5.74) is 3.70. The van der Waals surface area contributed by atoms with Crippen molar-refractivity contribution in [1.29, 1.82) is 0 Å². The number of aromatic nitrogens is 1. The molecule has 3 aromatic rings. The van der Waals surface area contributed by atoms with E-state index in [0.29, 0.717) is 5.69 Å². The Morgan fingerprint density at radius 3 is 2.17 bits per heavy atom. The van der Waals surface area contributed by atoms with Gasteiger partial charge in [0.15, 0.2) is 0 Å². The molecule has 0 radical (unpaired) electrons. The van der Waals surface area contributed by atoms with Gasteiger partial charge in [-0.05, 0) is 30.2 Å². The van der Waals surface area contributed by atoms with Crippen LogP contribution in [0.5, 0.6) is 0 Å².